The predicted molar refractivity (Wildman–Crippen MR) is 130 cm³/mol. The van der Waals surface area contributed by atoms with E-state index in [2.05, 4.69) is 22.5 Å². The maximum atomic E-state index is 12.5. The van der Waals surface area contributed by atoms with E-state index in [1.165, 1.54) is 6.92 Å². The van der Waals surface area contributed by atoms with E-state index in [4.69, 9.17) is 26.1 Å². The average Bonchev–Trinajstić information content (AvgIpc) is 2.82. The monoisotopic (exact) mass is 571 g/mol. The molecule has 1 rings (SSSR count). The number of amides is 2. The molecule has 0 aromatic carbocycles. The summed E-state index contributed by atoms with van der Waals surface area (Å²) in [7, 11) is 0. The van der Waals surface area contributed by atoms with Crippen molar-refractivity contribution in [2.45, 2.75) is 88.9 Å². The Kier molecular flexibility index (Phi) is 15.5. The van der Waals surface area contributed by atoms with Gasteiger partial charge in [-0.15, -0.1) is 0 Å². The predicted octanol–water partition coefficient (Wildman–Crippen LogP) is -0.668. The minimum absolute atomic E-state index is 0.175. The number of carbonyl (C=O) groups excluding carboxylic acids is 2. The Morgan fingerprint density at radius 3 is 2.13 bits per heavy atom. The number of carbonyl (C=O) groups is 4. The molecule has 0 saturated heterocycles. The molecule has 224 valence electrons. The fourth-order valence-electron chi connectivity index (χ4n) is 3.48. The number of aliphatic hydroxyl groups excluding tert-OH is 2. The highest BCUT2D eigenvalue weighted by molar-refractivity contribution is 5.85. The number of ether oxygens (including phenoxy) is 1. The molecule has 0 fully saturated rings. The molecule has 1 aliphatic heterocycles. The highest BCUT2D eigenvalue weighted by atomic mass is 19.4. The van der Waals surface area contributed by atoms with Crippen LogP contribution in [0, 0.1) is 0 Å². The number of aliphatic carboxylic acids is 2. The van der Waals surface area contributed by atoms with Crippen molar-refractivity contribution in [2.75, 3.05) is 6.61 Å². The van der Waals surface area contributed by atoms with Gasteiger partial charge in [0, 0.05) is 13.3 Å². The molecule has 0 spiro atoms. The van der Waals surface area contributed by atoms with Gasteiger partial charge in [-0.1, -0.05) is 32.6 Å². The normalized spacial score (nSPS) is 20.1. The molecule has 39 heavy (non-hydrogen) atoms. The number of nitrogens with zero attached hydrogens (tertiary/aromatic N) is 1. The van der Waals surface area contributed by atoms with E-state index in [9.17, 15) is 42.9 Å². The SMILES string of the molecule is CCCCCCCC(=O)N[C@@H]([C@@H]1OC(C(=O)O)=C[C@H](N=C(N)N)[C@H]1NC(C)=O)[C@H](O)CO.O=C(O)C(F)(F)F. The number of aliphatic hydroxyl groups is 2. The molecule has 0 aromatic heterocycles. The molecule has 0 bridgehead atoms. The average molecular weight is 572 g/mol. The summed E-state index contributed by atoms with van der Waals surface area (Å²) < 4.78 is 37.3. The van der Waals surface area contributed by atoms with Gasteiger partial charge in [-0.25, -0.2) is 14.6 Å². The van der Waals surface area contributed by atoms with E-state index >= 15 is 0 Å². The summed E-state index contributed by atoms with van der Waals surface area (Å²) in [6, 6.07) is -3.33. The molecule has 1 aliphatic rings. The molecular weight excluding hydrogens is 535 g/mol. The zero-order valence-electron chi connectivity index (χ0n) is 21.5. The second-order valence-electron chi connectivity index (χ2n) is 8.50. The number of hydrogen-bond donors (Lipinski definition) is 8. The molecular formula is C22H36F3N5O9. The number of rotatable bonds is 13. The van der Waals surface area contributed by atoms with Crippen molar-refractivity contribution in [3.63, 3.8) is 0 Å². The van der Waals surface area contributed by atoms with E-state index in [1.54, 1.807) is 0 Å². The summed E-state index contributed by atoms with van der Waals surface area (Å²) in [5.41, 5.74) is 10.9. The van der Waals surface area contributed by atoms with Crippen LogP contribution >= 0.6 is 0 Å². The number of alkyl halides is 3. The van der Waals surface area contributed by atoms with Crippen LogP contribution in [0.3, 0.4) is 0 Å². The third kappa shape index (κ3) is 13.7. The number of hydrogen-bond acceptors (Lipinski definition) is 8. The van der Waals surface area contributed by atoms with E-state index in [-0.39, 0.29) is 12.4 Å². The first-order valence-corrected chi connectivity index (χ1v) is 11.9. The summed E-state index contributed by atoms with van der Waals surface area (Å²) in [5.74, 6) is -5.96. The summed E-state index contributed by atoms with van der Waals surface area (Å²) >= 11 is 0. The Morgan fingerprint density at radius 2 is 1.69 bits per heavy atom. The number of carboxylic acids is 2. The smallest absolute Gasteiger partial charge is 0.479 e. The standard InChI is InChI=1S/C20H35N5O7.C2HF3O2/c1-3-4-5-6-7-8-15(29)25-17(13(28)10-26)18-16(23-11(2)27)12(24-20(21)22)9-14(32-18)19(30)31;3-2(4,5)1(6)7/h9,12-13,16-18,26,28H,3-8,10H2,1-2H3,(H,23,27)(H,25,29)(H,30,31)(H4,21,22,24);(H,6,7)/t12-,13+,16+,17+,18+;/m0./s1. The van der Waals surface area contributed by atoms with Crippen molar-refractivity contribution in [3.8, 4) is 0 Å². The van der Waals surface area contributed by atoms with Gasteiger partial charge in [0.1, 0.15) is 12.2 Å². The van der Waals surface area contributed by atoms with Crippen molar-refractivity contribution >= 4 is 29.7 Å². The summed E-state index contributed by atoms with van der Waals surface area (Å²) in [5, 5.41) is 41.7. The van der Waals surface area contributed by atoms with Gasteiger partial charge in [-0.2, -0.15) is 13.2 Å². The highest BCUT2D eigenvalue weighted by Gasteiger charge is 2.45. The van der Waals surface area contributed by atoms with Gasteiger partial charge < -0.3 is 47.3 Å². The van der Waals surface area contributed by atoms with Crippen molar-refractivity contribution in [2.24, 2.45) is 16.5 Å². The van der Waals surface area contributed by atoms with Crippen LogP contribution in [0.5, 0.6) is 0 Å². The Bertz CT molecular complexity index is 895. The summed E-state index contributed by atoms with van der Waals surface area (Å²) in [6.45, 7) is 2.57. The van der Waals surface area contributed by atoms with Crippen molar-refractivity contribution < 1.29 is 57.5 Å². The third-order valence-electron chi connectivity index (χ3n) is 5.22. The van der Waals surface area contributed by atoms with Crippen LogP contribution in [0.2, 0.25) is 0 Å². The highest BCUT2D eigenvalue weighted by Crippen LogP contribution is 2.25. The van der Waals surface area contributed by atoms with E-state index in [0.29, 0.717) is 6.42 Å². The largest absolute Gasteiger partial charge is 0.490 e. The van der Waals surface area contributed by atoms with Gasteiger partial charge in [-0.05, 0) is 12.5 Å². The van der Waals surface area contributed by atoms with E-state index < -0.39 is 72.6 Å². The summed E-state index contributed by atoms with van der Waals surface area (Å²) in [4.78, 5) is 48.7. The van der Waals surface area contributed by atoms with Gasteiger partial charge in [0.25, 0.3) is 0 Å². The van der Waals surface area contributed by atoms with Gasteiger partial charge in [-0.3, -0.25) is 9.59 Å². The number of aliphatic imine (C=N–C) groups is 1. The lowest BCUT2D eigenvalue weighted by atomic mass is 9.90. The number of nitrogens with one attached hydrogen (secondary N) is 2. The molecule has 14 nitrogen and oxygen atoms in total. The summed E-state index contributed by atoms with van der Waals surface area (Å²) in [6.07, 6.45) is -1.95. The molecule has 10 N–H and O–H groups in total. The number of carboxylic acid groups (broad SMARTS) is 2. The first-order valence-electron chi connectivity index (χ1n) is 11.9. The van der Waals surface area contributed by atoms with Crippen LogP contribution in [-0.4, -0.2) is 93.3 Å². The minimum Gasteiger partial charge on any atom is -0.479 e. The van der Waals surface area contributed by atoms with Gasteiger partial charge in [0.05, 0.1) is 24.7 Å². The van der Waals surface area contributed by atoms with E-state index in [1.807, 2.05) is 0 Å². The third-order valence-corrected chi connectivity index (χ3v) is 5.22. The Balaban J connectivity index is 0.00000181. The maximum absolute atomic E-state index is 12.5. The first-order chi connectivity index (χ1) is 18.0. The van der Waals surface area contributed by atoms with Gasteiger partial charge >= 0.3 is 18.1 Å². The topological polar surface area (TPSA) is 247 Å². The number of unbranched alkanes of at least 4 members (excludes halogenated alkanes) is 4. The molecule has 0 unspecified atom stereocenters. The molecule has 0 saturated carbocycles. The molecule has 0 radical (unpaired) electrons. The molecule has 2 amide bonds. The molecule has 17 heteroatoms. The zero-order chi connectivity index (χ0) is 30.3. The quantitative estimate of drug-likeness (QED) is 0.0782. The second-order valence-corrected chi connectivity index (χ2v) is 8.50. The van der Waals surface area contributed by atoms with Crippen molar-refractivity contribution in [1.82, 2.24) is 10.6 Å². The Hall–Kier alpha value is -3.60. The molecule has 1 heterocycles. The van der Waals surface area contributed by atoms with Crippen LogP contribution in [-0.2, 0) is 23.9 Å². The second kappa shape index (κ2) is 17.1. The lowest BCUT2D eigenvalue weighted by Gasteiger charge is -2.40. The van der Waals surface area contributed by atoms with Crippen LogP contribution in [0.4, 0.5) is 13.2 Å². The molecule has 5 atom stereocenters. The fourth-order valence-corrected chi connectivity index (χ4v) is 3.48. The Morgan fingerprint density at radius 1 is 1.13 bits per heavy atom. The van der Waals surface area contributed by atoms with Crippen LogP contribution in [0.15, 0.2) is 16.8 Å². The molecule has 0 aromatic rings. The van der Waals surface area contributed by atoms with Crippen LogP contribution in [0.1, 0.15) is 52.4 Å². The Labute approximate surface area is 222 Å². The zero-order valence-corrected chi connectivity index (χ0v) is 21.5. The van der Waals surface area contributed by atoms with Crippen LogP contribution in [0.25, 0.3) is 0 Å². The fraction of sp³-hybridized carbons (Fsp3) is 0.682. The van der Waals surface area contributed by atoms with Crippen LogP contribution < -0.4 is 22.1 Å². The van der Waals surface area contributed by atoms with Gasteiger partial charge in [0.2, 0.25) is 17.6 Å². The van der Waals surface area contributed by atoms with E-state index in [0.717, 1.165) is 31.8 Å². The number of halogens is 3. The number of guanidine groups is 1. The maximum Gasteiger partial charge on any atom is 0.490 e. The minimum atomic E-state index is -5.08. The number of nitrogens with two attached hydrogens (primary N) is 2. The van der Waals surface area contributed by atoms with Gasteiger partial charge in [0.15, 0.2) is 5.96 Å². The molecule has 0 aliphatic carbocycles. The lowest BCUT2D eigenvalue weighted by Crippen LogP contribution is -2.64. The van der Waals surface area contributed by atoms with Crippen molar-refractivity contribution in [3.05, 3.63) is 11.8 Å². The van der Waals surface area contributed by atoms with Crippen molar-refractivity contribution in [1.29, 1.82) is 0 Å². The lowest BCUT2D eigenvalue weighted by molar-refractivity contribution is -0.192. The first kappa shape index (κ1) is 35.4.